The minimum absolute atomic E-state index is 0.0413. The summed E-state index contributed by atoms with van der Waals surface area (Å²) < 4.78 is 46.7. The molecule has 0 N–H and O–H groups in total. The van der Waals surface area contributed by atoms with Crippen molar-refractivity contribution < 1.29 is 27.8 Å². The van der Waals surface area contributed by atoms with Crippen molar-refractivity contribution in [2.75, 3.05) is 58.1 Å². The fraction of sp³-hybridized carbons (Fsp3) is 0.600. The van der Waals surface area contributed by atoms with Crippen LogP contribution < -0.4 is 9.64 Å². The molecule has 3 fully saturated rings. The Morgan fingerprint density at radius 3 is 2.57 bits per heavy atom. The summed E-state index contributed by atoms with van der Waals surface area (Å²) in [7, 11) is 1.69. The standard InChI is InChI=1S/C30H38F2N6O4/c1-40-19-22-5-4-12-37(22)29(39)21-10-8-20(9-11-21)18-42-26-17-25(34-30(35-26)36-13-15-41-16-14-36)38-24-7-3-2-6-23(24)33-28(38)27(31)32/h2-3,6-7,17,20-22,27H,4-5,8-16,18-19H2,1H3/t20?,21?,22-/m1/s1. The van der Waals surface area contributed by atoms with Crippen molar-refractivity contribution in [3.05, 3.63) is 36.2 Å². The number of para-hydroxylation sites is 2. The number of amides is 1. The van der Waals surface area contributed by atoms with Crippen LogP contribution in [0.25, 0.3) is 16.9 Å². The lowest BCUT2D eigenvalue weighted by molar-refractivity contribution is -0.138. The number of alkyl halides is 2. The molecule has 42 heavy (non-hydrogen) atoms. The number of likely N-dealkylation sites (tertiary alicyclic amines) is 1. The molecule has 0 bridgehead atoms. The highest BCUT2D eigenvalue weighted by molar-refractivity contribution is 5.79. The van der Waals surface area contributed by atoms with Crippen molar-refractivity contribution in [2.45, 2.75) is 51.0 Å². The molecule has 226 valence electrons. The zero-order chi connectivity index (χ0) is 29.1. The van der Waals surface area contributed by atoms with Crippen molar-refractivity contribution in [2.24, 2.45) is 11.8 Å². The van der Waals surface area contributed by atoms with Crippen LogP contribution in [0.3, 0.4) is 0 Å². The van der Waals surface area contributed by atoms with Gasteiger partial charge in [0.15, 0.2) is 5.82 Å². The highest BCUT2D eigenvalue weighted by Crippen LogP contribution is 2.34. The predicted octanol–water partition coefficient (Wildman–Crippen LogP) is 4.41. The normalized spacial score (nSPS) is 23.2. The van der Waals surface area contributed by atoms with Gasteiger partial charge in [0.2, 0.25) is 17.7 Å². The molecule has 1 amide bonds. The first kappa shape index (κ1) is 28.7. The molecule has 1 atom stereocenters. The number of rotatable bonds is 9. The van der Waals surface area contributed by atoms with Gasteiger partial charge in [-0.05, 0) is 56.6 Å². The van der Waals surface area contributed by atoms with Gasteiger partial charge in [0, 0.05) is 38.7 Å². The van der Waals surface area contributed by atoms with Crippen molar-refractivity contribution in [1.29, 1.82) is 0 Å². The quantitative estimate of drug-likeness (QED) is 0.365. The third-order valence-electron chi connectivity index (χ3n) is 8.66. The number of hydrogen-bond acceptors (Lipinski definition) is 8. The Hall–Kier alpha value is -3.38. The lowest BCUT2D eigenvalue weighted by atomic mass is 9.81. The number of methoxy groups -OCH3 is 1. The summed E-state index contributed by atoms with van der Waals surface area (Å²) in [4.78, 5) is 30.8. The molecular formula is C30H38F2N6O4. The van der Waals surface area contributed by atoms with E-state index in [1.165, 1.54) is 4.57 Å². The maximum absolute atomic E-state index is 14.1. The molecule has 0 unspecified atom stereocenters. The van der Waals surface area contributed by atoms with Crippen molar-refractivity contribution in [1.82, 2.24) is 24.4 Å². The number of benzene rings is 1. The van der Waals surface area contributed by atoms with E-state index in [1.807, 2.05) is 9.80 Å². The number of carbonyl (C=O) groups is 1. The highest BCUT2D eigenvalue weighted by Gasteiger charge is 2.35. The van der Waals surface area contributed by atoms with Gasteiger partial charge in [0.25, 0.3) is 6.43 Å². The number of hydrogen-bond donors (Lipinski definition) is 0. The lowest BCUT2D eigenvalue weighted by Crippen LogP contribution is -2.42. The van der Waals surface area contributed by atoms with Gasteiger partial charge in [-0.15, -0.1) is 0 Å². The fourth-order valence-electron chi connectivity index (χ4n) is 6.43. The summed E-state index contributed by atoms with van der Waals surface area (Å²) in [6.07, 6.45) is 2.68. The van der Waals surface area contributed by atoms with Gasteiger partial charge in [0.05, 0.1) is 43.5 Å². The summed E-state index contributed by atoms with van der Waals surface area (Å²) >= 11 is 0. The molecule has 2 aliphatic heterocycles. The number of halogens is 2. The van der Waals surface area contributed by atoms with Crippen LogP contribution in [-0.2, 0) is 14.3 Å². The summed E-state index contributed by atoms with van der Waals surface area (Å²) in [5.41, 5.74) is 1.01. The highest BCUT2D eigenvalue weighted by atomic mass is 19.3. The largest absolute Gasteiger partial charge is 0.477 e. The zero-order valence-corrected chi connectivity index (χ0v) is 24.0. The Kier molecular flexibility index (Phi) is 8.80. The number of ether oxygens (including phenoxy) is 3. The van der Waals surface area contributed by atoms with Gasteiger partial charge in [0.1, 0.15) is 5.82 Å². The number of carbonyl (C=O) groups excluding carboxylic acids is 1. The summed E-state index contributed by atoms with van der Waals surface area (Å²) in [5.74, 6) is 1.23. The SMILES string of the molecule is COC[C@H]1CCCN1C(=O)C1CCC(COc2cc(-n3c(C(F)F)nc4ccccc43)nc(N3CCOCC3)n2)CC1. The molecule has 2 aromatic heterocycles. The fourth-order valence-corrected chi connectivity index (χ4v) is 6.43. The van der Waals surface area contributed by atoms with Crippen LogP contribution in [0.1, 0.15) is 50.8 Å². The number of nitrogens with zero attached hydrogens (tertiary/aromatic N) is 6. The van der Waals surface area contributed by atoms with Crippen LogP contribution in [0.15, 0.2) is 30.3 Å². The van der Waals surface area contributed by atoms with Crippen LogP contribution in [-0.4, -0.2) is 89.5 Å². The molecule has 12 heteroatoms. The molecule has 0 spiro atoms. The van der Waals surface area contributed by atoms with Crippen molar-refractivity contribution in [3.8, 4) is 11.7 Å². The average Bonchev–Trinajstić information content (AvgIpc) is 3.65. The van der Waals surface area contributed by atoms with E-state index in [-0.39, 0.29) is 35.4 Å². The van der Waals surface area contributed by atoms with Crippen LogP contribution >= 0.6 is 0 Å². The smallest absolute Gasteiger partial charge is 0.296 e. The van der Waals surface area contributed by atoms with E-state index in [1.54, 1.807) is 37.4 Å². The Balaban J connectivity index is 1.18. The molecule has 2 saturated heterocycles. The number of fused-ring (bicyclic) bond motifs is 1. The Morgan fingerprint density at radius 1 is 1.02 bits per heavy atom. The molecule has 0 radical (unpaired) electrons. The summed E-state index contributed by atoms with van der Waals surface area (Å²) in [6, 6.07) is 8.83. The first-order valence-electron chi connectivity index (χ1n) is 14.9. The molecule has 1 aromatic carbocycles. The molecule has 6 rings (SSSR count). The maximum Gasteiger partial charge on any atom is 0.296 e. The molecular weight excluding hydrogens is 546 g/mol. The molecule has 4 heterocycles. The topological polar surface area (TPSA) is 94.8 Å². The Labute approximate surface area is 244 Å². The van der Waals surface area contributed by atoms with Gasteiger partial charge in [-0.25, -0.2) is 13.8 Å². The second-order valence-electron chi connectivity index (χ2n) is 11.4. The number of anilines is 1. The zero-order valence-electron chi connectivity index (χ0n) is 24.0. The monoisotopic (exact) mass is 584 g/mol. The number of aromatic nitrogens is 4. The maximum atomic E-state index is 14.1. The number of morpholine rings is 1. The van der Waals surface area contributed by atoms with Crippen LogP contribution in [0, 0.1) is 11.8 Å². The van der Waals surface area contributed by atoms with E-state index in [2.05, 4.69) is 9.97 Å². The first-order valence-corrected chi connectivity index (χ1v) is 14.9. The van der Waals surface area contributed by atoms with Gasteiger partial charge >= 0.3 is 0 Å². The average molecular weight is 585 g/mol. The third kappa shape index (κ3) is 6.05. The second-order valence-corrected chi connectivity index (χ2v) is 11.4. The van der Waals surface area contributed by atoms with Crippen LogP contribution in [0.5, 0.6) is 5.88 Å². The Bertz CT molecular complexity index is 1370. The third-order valence-corrected chi connectivity index (χ3v) is 8.66. The van der Waals surface area contributed by atoms with E-state index in [0.29, 0.717) is 62.4 Å². The molecule has 3 aliphatic rings. The van der Waals surface area contributed by atoms with Crippen molar-refractivity contribution >= 4 is 22.9 Å². The predicted molar refractivity (Wildman–Crippen MR) is 152 cm³/mol. The number of imidazole rings is 1. The van der Waals surface area contributed by atoms with Crippen molar-refractivity contribution in [3.63, 3.8) is 0 Å². The van der Waals surface area contributed by atoms with Gasteiger partial charge in [-0.1, -0.05) is 12.1 Å². The summed E-state index contributed by atoms with van der Waals surface area (Å²) in [5, 5.41) is 0. The summed E-state index contributed by atoms with van der Waals surface area (Å²) in [6.45, 7) is 4.09. The van der Waals surface area contributed by atoms with Crippen LogP contribution in [0.2, 0.25) is 0 Å². The Morgan fingerprint density at radius 2 is 1.81 bits per heavy atom. The van der Waals surface area contributed by atoms with E-state index < -0.39 is 6.43 Å². The van der Waals surface area contributed by atoms with Gasteiger partial charge in [-0.2, -0.15) is 9.97 Å². The molecule has 3 aromatic rings. The van der Waals surface area contributed by atoms with Crippen LogP contribution in [0.4, 0.5) is 14.7 Å². The molecule has 1 saturated carbocycles. The second kappa shape index (κ2) is 12.9. The van der Waals surface area contributed by atoms with E-state index in [9.17, 15) is 13.6 Å². The van der Waals surface area contributed by atoms with E-state index in [4.69, 9.17) is 19.2 Å². The molecule has 10 nitrogen and oxygen atoms in total. The van der Waals surface area contributed by atoms with Gasteiger partial charge in [-0.3, -0.25) is 9.36 Å². The van der Waals surface area contributed by atoms with E-state index in [0.717, 1.165) is 45.1 Å². The lowest BCUT2D eigenvalue weighted by Gasteiger charge is -2.33. The first-order chi connectivity index (χ1) is 20.5. The minimum atomic E-state index is -2.79. The van der Waals surface area contributed by atoms with Gasteiger partial charge < -0.3 is 24.0 Å². The molecule has 1 aliphatic carbocycles. The van der Waals surface area contributed by atoms with E-state index >= 15 is 0 Å². The minimum Gasteiger partial charge on any atom is -0.477 e.